The molecule has 1 unspecified atom stereocenters. The van der Waals surface area contributed by atoms with Gasteiger partial charge in [0.25, 0.3) is 0 Å². The Kier molecular flexibility index (Phi) is 5.49. The molecule has 0 saturated heterocycles. The van der Waals surface area contributed by atoms with Crippen LogP contribution in [0.25, 0.3) is 0 Å². The third-order valence-corrected chi connectivity index (χ3v) is 2.41. The average molecular weight is 236 g/mol. The second-order valence-corrected chi connectivity index (χ2v) is 4.03. The zero-order valence-corrected chi connectivity index (χ0v) is 10.4. The molecule has 0 saturated carbocycles. The fourth-order valence-electron chi connectivity index (χ4n) is 1.57. The largest absolute Gasteiger partial charge is 0.446 e. The molecule has 0 radical (unpaired) electrons. The van der Waals surface area contributed by atoms with E-state index < -0.39 is 6.09 Å². The second kappa shape index (κ2) is 6.91. The summed E-state index contributed by atoms with van der Waals surface area (Å²) in [6, 6.07) is 7.42. The van der Waals surface area contributed by atoms with Crippen molar-refractivity contribution in [3.8, 4) is 0 Å². The van der Waals surface area contributed by atoms with Crippen LogP contribution in [0.2, 0.25) is 0 Å². The summed E-state index contributed by atoms with van der Waals surface area (Å²) in [4.78, 5) is 11.5. The minimum atomic E-state index is -0.417. The number of hydrogen-bond acceptors (Lipinski definition) is 3. The first-order valence-electron chi connectivity index (χ1n) is 5.92. The summed E-state index contributed by atoms with van der Waals surface area (Å²) >= 11 is 0. The first kappa shape index (κ1) is 13.5. The predicted octanol–water partition coefficient (Wildman–Crippen LogP) is 2.88. The molecule has 4 nitrogen and oxygen atoms in total. The summed E-state index contributed by atoms with van der Waals surface area (Å²) in [7, 11) is 0. The maximum Gasteiger partial charge on any atom is 0.411 e. The van der Waals surface area contributed by atoms with E-state index in [0.717, 1.165) is 18.4 Å². The van der Waals surface area contributed by atoms with E-state index in [1.807, 2.05) is 31.2 Å². The molecule has 1 aromatic carbocycles. The number of hydrogen-bond donors (Lipinski definition) is 2. The molecule has 94 valence electrons. The number of amides is 1. The van der Waals surface area contributed by atoms with Crippen molar-refractivity contribution in [3.05, 3.63) is 29.8 Å². The van der Waals surface area contributed by atoms with Crippen molar-refractivity contribution in [2.75, 3.05) is 5.32 Å². The smallest absolute Gasteiger partial charge is 0.411 e. The molecule has 4 heteroatoms. The first-order valence-corrected chi connectivity index (χ1v) is 5.92. The second-order valence-electron chi connectivity index (χ2n) is 4.03. The molecule has 0 aliphatic carbocycles. The van der Waals surface area contributed by atoms with E-state index in [1.54, 1.807) is 0 Å². The van der Waals surface area contributed by atoms with E-state index in [9.17, 15) is 4.79 Å². The van der Waals surface area contributed by atoms with Gasteiger partial charge < -0.3 is 10.5 Å². The number of anilines is 1. The minimum absolute atomic E-state index is 0.0577. The molecule has 1 rings (SSSR count). The van der Waals surface area contributed by atoms with Crippen LogP contribution >= 0.6 is 0 Å². The zero-order valence-electron chi connectivity index (χ0n) is 10.4. The molecular formula is C13H20N2O2. The van der Waals surface area contributed by atoms with Crippen LogP contribution in [-0.2, 0) is 11.3 Å². The van der Waals surface area contributed by atoms with Gasteiger partial charge in [0.2, 0.25) is 0 Å². The van der Waals surface area contributed by atoms with Crippen LogP contribution < -0.4 is 11.1 Å². The highest BCUT2D eigenvalue weighted by Gasteiger charge is 2.08. The molecular weight excluding hydrogens is 216 g/mol. The molecule has 0 heterocycles. The Bertz CT molecular complexity index is 366. The maximum atomic E-state index is 11.5. The van der Waals surface area contributed by atoms with Crippen molar-refractivity contribution in [2.24, 2.45) is 5.73 Å². The normalized spacial score (nSPS) is 11.9. The lowest BCUT2D eigenvalue weighted by Gasteiger charge is -2.13. The van der Waals surface area contributed by atoms with Gasteiger partial charge in [0.1, 0.15) is 6.10 Å². The number of rotatable bonds is 5. The van der Waals surface area contributed by atoms with Gasteiger partial charge in [0.15, 0.2) is 0 Å². The number of carbonyl (C=O) groups is 1. The molecule has 1 amide bonds. The van der Waals surface area contributed by atoms with E-state index in [1.165, 1.54) is 0 Å². The molecule has 0 fully saturated rings. The highest BCUT2D eigenvalue weighted by atomic mass is 16.6. The fraction of sp³-hybridized carbons (Fsp3) is 0.462. The molecule has 3 N–H and O–H groups in total. The summed E-state index contributed by atoms with van der Waals surface area (Å²) in [6.07, 6.45) is 1.39. The van der Waals surface area contributed by atoms with Crippen LogP contribution in [0, 0.1) is 0 Å². The van der Waals surface area contributed by atoms with Crippen LogP contribution in [0.1, 0.15) is 32.3 Å². The Morgan fingerprint density at radius 2 is 2.29 bits per heavy atom. The number of nitrogens with one attached hydrogen (secondary N) is 1. The molecule has 0 aliphatic rings. The molecule has 0 bridgehead atoms. The average Bonchev–Trinajstić information content (AvgIpc) is 2.29. The van der Waals surface area contributed by atoms with Gasteiger partial charge in [-0.25, -0.2) is 4.79 Å². The van der Waals surface area contributed by atoms with Gasteiger partial charge in [0.05, 0.1) is 0 Å². The standard InChI is InChI=1S/C13H20N2O2/c1-3-5-10(2)17-13(16)15-12-7-4-6-11(8-12)9-14/h4,6-8,10H,3,5,9,14H2,1-2H3,(H,15,16). The molecule has 17 heavy (non-hydrogen) atoms. The molecule has 1 atom stereocenters. The SMILES string of the molecule is CCCC(C)OC(=O)Nc1cccc(CN)c1. The Balaban J connectivity index is 2.49. The Labute approximate surface area is 102 Å². The van der Waals surface area contributed by atoms with Crippen molar-refractivity contribution in [3.63, 3.8) is 0 Å². The molecule has 0 spiro atoms. The van der Waals surface area contributed by atoms with Crippen molar-refractivity contribution >= 4 is 11.8 Å². The number of nitrogens with two attached hydrogens (primary N) is 1. The Morgan fingerprint density at radius 1 is 1.53 bits per heavy atom. The maximum absolute atomic E-state index is 11.5. The van der Waals surface area contributed by atoms with E-state index >= 15 is 0 Å². The summed E-state index contributed by atoms with van der Waals surface area (Å²) in [5.74, 6) is 0. The lowest BCUT2D eigenvalue weighted by molar-refractivity contribution is 0.115. The van der Waals surface area contributed by atoms with E-state index in [4.69, 9.17) is 10.5 Å². The number of carbonyl (C=O) groups excluding carboxylic acids is 1. The molecule has 1 aromatic rings. The van der Waals surface area contributed by atoms with Crippen LogP contribution in [0.3, 0.4) is 0 Å². The van der Waals surface area contributed by atoms with Gasteiger partial charge in [-0.1, -0.05) is 25.5 Å². The van der Waals surface area contributed by atoms with Crippen LogP contribution in [0.5, 0.6) is 0 Å². The van der Waals surface area contributed by atoms with Crippen LogP contribution in [0.4, 0.5) is 10.5 Å². The van der Waals surface area contributed by atoms with E-state index in [0.29, 0.717) is 12.2 Å². The van der Waals surface area contributed by atoms with Gasteiger partial charge in [0, 0.05) is 12.2 Å². The number of benzene rings is 1. The fourth-order valence-corrected chi connectivity index (χ4v) is 1.57. The van der Waals surface area contributed by atoms with Crippen molar-refractivity contribution in [1.82, 2.24) is 0 Å². The zero-order chi connectivity index (χ0) is 12.7. The van der Waals surface area contributed by atoms with Gasteiger partial charge >= 0.3 is 6.09 Å². The first-order chi connectivity index (χ1) is 8.15. The van der Waals surface area contributed by atoms with Gasteiger partial charge in [-0.15, -0.1) is 0 Å². The lowest BCUT2D eigenvalue weighted by atomic mass is 10.2. The quantitative estimate of drug-likeness (QED) is 0.826. The third kappa shape index (κ3) is 4.87. The van der Waals surface area contributed by atoms with Gasteiger partial charge in [-0.05, 0) is 31.0 Å². The van der Waals surface area contributed by atoms with Crippen LogP contribution in [-0.4, -0.2) is 12.2 Å². The monoisotopic (exact) mass is 236 g/mol. The summed E-state index contributed by atoms with van der Waals surface area (Å²) in [5, 5.41) is 2.69. The summed E-state index contributed by atoms with van der Waals surface area (Å²) in [5.41, 5.74) is 7.21. The van der Waals surface area contributed by atoms with Gasteiger partial charge in [-0.2, -0.15) is 0 Å². The van der Waals surface area contributed by atoms with Crippen molar-refractivity contribution < 1.29 is 9.53 Å². The summed E-state index contributed by atoms with van der Waals surface area (Å²) < 4.78 is 5.19. The third-order valence-electron chi connectivity index (χ3n) is 2.41. The Morgan fingerprint density at radius 3 is 2.94 bits per heavy atom. The highest BCUT2D eigenvalue weighted by molar-refractivity contribution is 5.84. The predicted molar refractivity (Wildman–Crippen MR) is 68.8 cm³/mol. The van der Waals surface area contributed by atoms with Crippen LogP contribution in [0.15, 0.2) is 24.3 Å². The van der Waals surface area contributed by atoms with E-state index in [-0.39, 0.29) is 6.10 Å². The molecule has 0 aromatic heterocycles. The van der Waals surface area contributed by atoms with Gasteiger partial charge in [-0.3, -0.25) is 5.32 Å². The lowest BCUT2D eigenvalue weighted by Crippen LogP contribution is -2.20. The van der Waals surface area contributed by atoms with Crippen molar-refractivity contribution in [2.45, 2.75) is 39.3 Å². The number of ether oxygens (including phenoxy) is 1. The Hall–Kier alpha value is -1.55. The highest BCUT2D eigenvalue weighted by Crippen LogP contribution is 2.11. The summed E-state index contributed by atoms with van der Waals surface area (Å²) in [6.45, 7) is 4.40. The van der Waals surface area contributed by atoms with E-state index in [2.05, 4.69) is 12.2 Å². The molecule has 0 aliphatic heterocycles. The topological polar surface area (TPSA) is 64.3 Å². The minimum Gasteiger partial charge on any atom is -0.446 e. The van der Waals surface area contributed by atoms with Crippen molar-refractivity contribution in [1.29, 1.82) is 0 Å².